The topological polar surface area (TPSA) is 80.0 Å². The van der Waals surface area contributed by atoms with Crippen molar-refractivity contribution in [3.8, 4) is 0 Å². The predicted octanol–water partition coefficient (Wildman–Crippen LogP) is 6.94. The monoisotopic (exact) mass is 595 g/mol. The smallest absolute Gasteiger partial charge is 0.156 e. The SMILES string of the molecule is C=c1cccnc(=C)c(N2C(C)(C)CC(C)(C)C(C(N)CC(C)(C)NCC)(C(C)(C)CCC)C(C)(C)CC2(C)C)ncn1. The zero-order valence-corrected chi connectivity index (χ0v) is 30.4. The lowest BCUT2D eigenvalue weighted by Gasteiger charge is -2.71. The molecule has 6 nitrogen and oxygen atoms in total. The van der Waals surface area contributed by atoms with Gasteiger partial charge in [-0.05, 0) is 102 Å². The Kier molecular flexibility index (Phi) is 11.0. The van der Waals surface area contributed by atoms with Gasteiger partial charge in [0.1, 0.15) is 6.33 Å². The normalized spacial score (nSPS) is 21.7. The minimum Gasteiger partial charge on any atom is -0.345 e. The van der Waals surface area contributed by atoms with Crippen LogP contribution in [0, 0.1) is 21.7 Å². The molecule has 1 saturated heterocycles. The third-order valence-electron chi connectivity index (χ3n) is 10.5. The number of nitrogens with two attached hydrogens (primary N) is 1. The molecule has 0 aliphatic carbocycles. The van der Waals surface area contributed by atoms with Gasteiger partial charge in [-0.25, -0.2) is 9.97 Å². The standard InChI is InChI=1S/C37H66N6/c1-17-21-31(5,6)37(29(38)23-34(11,12)42-18-2)32(7,8)24-35(13,14)43(36(15,16)25-33(37,9)10)30-28(4)39-22-19-20-27(3)40-26-41-30/h19-20,22,26,29,42H,3-4,17-18,21,23-25,38H2,1-2,5-16H3. The first-order chi connectivity index (χ1) is 19.4. The van der Waals surface area contributed by atoms with Gasteiger partial charge in [-0.2, -0.15) is 0 Å². The summed E-state index contributed by atoms with van der Waals surface area (Å²) in [6.45, 7) is 42.8. The van der Waals surface area contributed by atoms with E-state index in [2.05, 4.69) is 125 Å². The number of hydrogen-bond donors (Lipinski definition) is 2. The summed E-state index contributed by atoms with van der Waals surface area (Å²) in [5.74, 6) is 0.752. The van der Waals surface area contributed by atoms with E-state index in [0.29, 0.717) is 10.7 Å². The largest absolute Gasteiger partial charge is 0.345 e. The molecular formula is C37H66N6. The molecule has 0 bridgehead atoms. The molecular weight excluding hydrogens is 528 g/mol. The molecule has 2 heterocycles. The summed E-state index contributed by atoms with van der Waals surface area (Å²) in [5.41, 5.74) is 6.48. The van der Waals surface area contributed by atoms with Crippen molar-refractivity contribution >= 4 is 19.0 Å². The highest BCUT2D eigenvalue weighted by Gasteiger charge is 2.68. The Labute approximate surface area is 264 Å². The van der Waals surface area contributed by atoms with Gasteiger partial charge >= 0.3 is 0 Å². The van der Waals surface area contributed by atoms with Crippen molar-refractivity contribution < 1.29 is 0 Å². The summed E-state index contributed by atoms with van der Waals surface area (Å²) in [6, 6.07) is 3.65. The van der Waals surface area contributed by atoms with Crippen LogP contribution in [0.5, 0.6) is 0 Å². The molecule has 43 heavy (non-hydrogen) atoms. The van der Waals surface area contributed by atoms with Crippen molar-refractivity contribution in [1.29, 1.82) is 0 Å². The Morgan fingerprint density at radius 2 is 1.44 bits per heavy atom. The summed E-state index contributed by atoms with van der Waals surface area (Å²) < 4.78 is 0. The maximum atomic E-state index is 7.71. The number of aromatic nitrogens is 3. The molecule has 1 aromatic rings. The fraction of sp³-hybridized carbons (Fsp3) is 0.757. The van der Waals surface area contributed by atoms with Gasteiger partial charge in [0.2, 0.25) is 0 Å². The first-order valence-corrected chi connectivity index (χ1v) is 16.4. The van der Waals surface area contributed by atoms with Gasteiger partial charge in [-0.1, -0.05) is 75.0 Å². The van der Waals surface area contributed by atoms with Crippen LogP contribution >= 0.6 is 0 Å². The Bertz CT molecular complexity index is 1230. The van der Waals surface area contributed by atoms with Crippen molar-refractivity contribution in [3.05, 3.63) is 35.4 Å². The lowest BCUT2D eigenvalue weighted by atomic mass is 9.36. The molecule has 0 aromatic carbocycles. The Hall–Kier alpha value is -2.05. The second-order valence-corrected chi connectivity index (χ2v) is 17.0. The highest BCUT2D eigenvalue weighted by atomic mass is 15.3. The van der Waals surface area contributed by atoms with E-state index in [4.69, 9.17) is 15.7 Å². The van der Waals surface area contributed by atoms with Crippen LogP contribution < -0.4 is 26.6 Å². The summed E-state index contributed by atoms with van der Waals surface area (Å²) in [7, 11) is 0. The van der Waals surface area contributed by atoms with Gasteiger partial charge in [0.25, 0.3) is 0 Å². The Balaban J connectivity index is 3.02. The molecule has 1 aliphatic heterocycles. The number of anilines is 1. The average molecular weight is 595 g/mol. The van der Waals surface area contributed by atoms with Crippen LogP contribution in [0.4, 0.5) is 5.82 Å². The Morgan fingerprint density at radius 3 is 1.93 bits per heavy atom. The van der Waals surface area contributed by atoms with Crippen LogP contribution in [-0.4, -0.2) is 44.2 Å². The molecule has 6 heteroatoms. The number of rotatable bonds is 9. The molecule has 1 fully saturated rings. The molecule has 0 amide bonds. The average Bonchev–Trinajstić information content (AvgIpc) is 2.77. The van der Waals surface area contributed by atoms with Gasteiger partial charge in [0, 0.05) is 34.3 Å². The number of hydrogen-bond acceptors (Lipinski definition) is 6. The maximum absolute atomic E-state index is 7.71. The molecule has 3 N–H and O–H groups in total. The van der Waals surface area contributed by atoms with E-state index in [9.17, 15) is 0 Å². The zero-order chi connectivity index (χ0) is 33.3. The third kappa shape index (κ3) is 7.27. The zero-order valence-electron chi connectivity index (χ0n) is 30.4. The van der Waals surface area contributed by atoms with Crippen LogP contribution in [0.25, 0.3) is 13.2 Å². The quantitative estimate of drug-likeness (QED) is 0.322. The first-order valence-electron chi connectivity index (χ1n) is 16.4. The van der Waals surface area contributed by atoms with Gasteiger partial charge in [-0.15, -0.1) is 0 Å². The number of nitrogens with zero attached hydrogens (tertiary/aromatic N) is 4. The van der Waals surface area contributed by atoms with Crippen molar-refractivity contribution in [2.24, 2.45) is 27.4 Å². The molecule has 1 aromatic heterocycles. The molecule has 244 valence electrons. The third-order valence-corrected chi connectivity index (χ3v) is 10.5. The first kappa shape index (κ1) is 37.1. The second kappa shape index (κ2) is 12.7. The van der Waals surface area contributed by atoms with Gasteiger partial charge in [-0.3, -0.25) is 4.98 Å². The molecule has 1 aliphatic rings. The van der Waals surface area contributed by atoms with E-state index in [-0.39, 0.29) is 44.3 Å². The van der Waals surface area contributed by atoms with Crippen LogP contribution in [0.1, 0.15) is 129 Å². The van der Waals surface area contributed by atoms with Crippen LogP contribution in [0.15, 0.2) is 24.7 Å². The Morgan fingerprint density at radius 1 is 0.907 bits per heavy atom. The fourth-order valence-corrected chi connectivity index (χ4v) is 11.1. The van der Waals surface area contributed by atoms with Crippen molar-refractivity contribution in [2.45, 2.75) is 152 Å². The van der Waals surface area contributed by atoms with Crippen LogP contribution in [0.3, 0.4) is 0 Å². The van der Waals surface area contributed by atoms with Gasteiger partial charge < -0.3 is 16.0 Å². The second-order valence-electron chi connectivity index (χ2n) is 17.0. The van der Waals surface area contributed by atoms with Gasteiger partial charge in [0.05, 0.1) is 10.7 Å². The predicted molar refractivity (Wildman–Crippen MR) is 187 cm³/mol. The highest BCUT2D eigenvalue weighted by molar-refractivity contribution is 5.46. The lowest BCUT2D eigenvalue weighted by molar-refractivity contribution is -0.191. The van der Waals surface area contributed by atoms with Crippen molar-refractivity contribution in [2.75, 3.05) is 11.4 Å². The molecule has 2 rings (SSSR count). The van der Waals surface area contributed by atoms with Crippen molar-refractivity contribution in [1.82, 2.24) is 20.3 Å². The van der Waals surface area contributed by atoms with E-state index in [1.165, 1.54) is 0 Å². The summed E-state index contributed by atoms with van der Waals surface area (Å²) in [5, 5.41) is 5.00. The number of nitrogens with one attached hydrogen (secondary N) is 1. The summed E-state index contributed by atoms with van der Waals surface area (Å²) in [6.07, 6.45) is 8.32. The summed E-state index contributed by atoms with van der Waals surface area (Å²) in [4.78, 5) is 16.6. The van der Waals surface area contributed by atoms with Crippen LogP contribution in [0.2, 0.25) is 0 Å². The maximum Gasteiger partial charge on any atom is 0.156 e. The van der Waals surface area contributed by atoms with E-state index in [0.717, 1.165) is 44.5 Å². The minimum atomic E-state index is -0.309. The molecule has 0 spiro atoms. The van der Waals surface area contributed by atoms with Gasteiger partial charge in [0.15, 0.2) is 5.82 Å². The van der Waals surface area contributed by atoms with E-state index >= 15 is 0 Å². The molecule has 1 atom stereocenters. The van der Waals surface area contributed by atoms with E-state index < -0.39 is 0 Å². The molecule has 0 radical (unpaired) electrons. The van der Waals surface area contributed by atoms with E-state index in [1.807, 2.05) is 12.1 Å². The molecule has 1 unspecified atom stereocenters. The summed E-state index contributed by atoms with van der Waals surface area (Å²) >= 11 is 0. The fourth-order valence-electron chi connectivity index (χ4n) is 11.1. The van der Waals surface area contributed by atoms with Crippen molar-refractivity contribution in [3.63, 3.8) is 0 Å². The highest BCUT2D eigenvalue weighted by Crippen LogP contribution is 2.70. The molecule has 0 saturated carbocycles. The lowest BCUT2D eigenvalue weighted by Crippen LogP contribution is -2.73. The van der Waals surface area contributed by atoms with E-state index in [1.54, 1.807) is 12.5 Å². The minimum absolute atomic E-state index is 0.0219. The van der Waals surface area contributed by atoms with Crippen LogP contribution in [-0.2, 0) is 0 Å².